The molecule has 1 aromatic carbocycles. The van der Waals surface area contributed by atoms with Crippen molar-refractivity contribution in [1.82, 2.24) is 4.90 Å². The van der Waals surface area contributed by atoms with Gasteiger partial charge in [-0.15, -0.1) is 0 Å². The van der Waals surface area contributed by atoms with Crippen LogP contribution in [0, 0.1) is 11.8 Å². The predicted molar refractivity (Wildman–Crippen MR) is 73.1 cm³/mol. The summed E-state index contributed by atoms with van der Waals surface area (Å²) in [6.07, 6.45) is 1.13. The van der Waals surface area contributed by atoms with Crippen LogP contribution >= 0.6 is 11.6 Å². The van der Waals surface area contributed by atoms with E-state index in [0.29, 0.717) is 23.3 Å². The number of halogens is 1. The second kappa shape index (κ2) is 6.41. The molecule has 0 bridgehead atoms. The number of nitrogens with zero attached hydrogens (tertiary/aromatic N) is 1. The van der Waals surface area contributed by atoms with Crippen molar-refractivity contribution in [3.8, 4) is 5.75 Å². The highest BCUT2D eigenvalue weighted by molar-refractivity contribution is 6.32. The van der Waals surface area contributed by atoms with E-state index in [1.807, 2.05) is 24.3 Å². The number of hydrogen-bond acceptors (Lipinski definition) is 3. The Morgan fingerprint density at radius 3 is 2.89 bits per heavy atom. The summed E-state index contributed by atoms with van der Waals surface area (Å²) >= 11 is 6.04. The summed E-state index contributed by atoms with van der Waals surface area (Å²) in [6.45, 7) is 2.84. The van der Waals surface area contributed by atoms with Crippen LogP contribution in [0.2, 0.25) is 5.02 Å². The summed E-state index contributed by atoms with van der Waals surface area (Å²) in [7, 11) is 2.11. The van der Waals surface area contributed by atoms with E-state index in [0.717, 1.165) is 19.5 Å². The molecule has 1 N–H and O–H groups in total. The minimum atomic E-state index is 0.170. The zero-order valence-corrected chi connectivity index (χ0v) is 11.4. The fraction of sp³-hybridized carbons (Fsp3) is 0.571. The van der Waals surface area contributed by atoms with Crippen molar-refractivity contribution in [3.05, 3.63) is 29.3 Å². The van der Waals surface area contributed by atoms with Crippen molar-refractivity contribution in [1.29, 1.82) is 0 Å². The van der Waals surface area contributed by atoms with Crippen molar-refractivity contribution in [2.24, 2.45) is 11.8 Å². The van der Waals surface area contributed by atoms with E-state index in [9.17, 15) is 5.11 Å². The molecule has 2 rings (SSSR count). The van der Waals surface area contributed by atoms with Gasteiger partial charge in [-0.2, -0.15) is 0 Å². The molecule has 0 radical (unpaired) electrons. The van der Waals surface area contributed by atoms with Gasteiger partial charge < -0.3 is 14.7 Å². The predicted octanol–water partition coefficient (Wildman–Crippen LogP) is 2.28. The first-order valence-corrected chi connectivity index (χ1v) is 6.75. The minimum absolute atomic E-state index is 0.170. The van der Waals surface area contributed by atoms with Gasteiger partial charge in [0, 0.05) is 19.1 Å². The highest BCUT2D eigenvalue weighted by Gasteiger charge is 2.27. The van der Waals surface area contributed by atoms with Gasteiger partial charge in [-0.25, -0.2) is 0 Å². The number of rotatable bonds is 5. The summed E-state index contributed by atoms with van der Waals surface area (Å²) in [5.41, 5.74) is 0. The van der Waals surface area contributed by atoms with Crippen LogP contribution in [0.4, 0.5) is 0 Å². The van der Waals surface area contributed by atoms with Crippen LogP contribution in [-0.2, 0) is 0 Å². The Hall–Kier alpha value is -0.770. The molecule has 0 spiro atoms. The number of para-hydroxylation sites is 1. The molecule has 18 heavy (non-hydrogen) atoms. The number of aliphatic hydroxyl groups excluding tert-OH is 1. The van der Waals surface area contributed by atoms with Gasteiger partial charge in [0.2, 0.25) is 0 Å². The molecule has 1 heterocycles. The summed E-state index contributed by atoms with van der Waals surface area (Å²) in [4.78, 5) is 2.29. The quantitative estimate of drug-likeness (QED) is 0.890. The minimum Gasteiger partial charge on any atom is -0.492 e. The maximum absolute atomic E-state index is 9.49. The molecule has 1 fully saturated rings. The van der Waals surface area contributed by atoms with Crippen molar-refractivity contribution in [2.45, 2.75) is 6.42 Å². The van der Waals surface area contributed by atoms with Crippen molar-refractivity contribution in [2.75, 3.05) is 33.4 Å². The molecule has 1 aromatic rings. The van der Waals surface area contributed by atoms with E-state index in [2.05, 4.69) is 11.9 Å². The highest BCUT2D eigenvalue weighted by atomic mass is 35.5. The fourth-order valence-corrected chi connectivity index (χ4v) is 2.64. The molecule has 0 aliphatic carbocycles. The van der Waals surface area contributed by atoms with Gasteiger partial charge in [0.25, 0.3) is 0 Å². The molecule has 4 heteroatoms. The smallest absolute Gasteiger partial charge is 0.137 e. The first-order chi connectivity index (χ1) is 8.70. The van der Waals surface area contributed by atoms with E-state index in [4.69, 9.17) is 16.3 Å². The van der Waals surface area contributed by atoms with Gasteiger partial charge in [-0.05, 0) is 38.1 Å². The average Bonchev–Trinajstić information content (AvgIpc) is 2.79. The monoisotopic (exact) mass is 269 g/mol. The lowest BCUT2D eigenvalue weighted by molar-refractivity contribution is 0.120. The number of benzene rings is 1. The van der Waals surface area contributed by atoms with E-state index in [1.54, 1.807) is 0 Å². The van der Waals surface area contributed by atoms with E-state index in [1.165, 1.54) is 0 Å². The van der Waals surface area contributed by atoms with Crippen LogP contribution in [0.15, 0.2) is 24.3 Å². The molecular weight excluding hydrogens is 250 g/mol. The van der Waals surface area contributed by atoms with Gasteiger partial charge in [-0.1, -0.05) is 23.7 Å². The lowest BCUT2D eigenvalue weighted by Gasteiger charge is -2.22. The Morgan fingerprint density at radius 2 is 2.28 bits per heavy atom. The molecule has 0 aromatic heterocycles. The van der Waals surface area contributed by atoms with Crippen LogP contribution in [0.5, 0.6) is 5.75 Å². The highest BCUT2D eigenvalue weighted by Crippen LogP contribution is 2.27. The van der Waals surface area contributed by atoms with Gasteiger partial charge in [0.1, 0.15) is 5.75 Å². The lowest BCUT2D eigenvalue weighted by Crippen LogP contribution is -2.27. The summed E-state index contributed by atoms with van der Waals surface area (Å²) in [5.74, 6) is 1.40. The molecular formula is C14H20ClNO2. The van der Waals surface area contributed by atoms with E-state index < -0.39 is 0 Å². The molecule has 1 saturated heterocycles. The molecule has 2 atom stereocenters. The summed E-state index contributed by atoms with van der Waals surface area (Å²) in [6, 6.07) is 7.45. The molecule has 2 unspecified atom stereocenters. The van der Waals surface area contributed by atoms with E-state index in [-0.39, 0.29) is 12.5 Å². The Morgan fingerprint density at radius 1 is 1.50 bits per heavy atom. The lowest BCUT2D eigenvalue weighted by atomic mass is 9.93. The SMILES string of the molecule is CN1CCC(C(CO)COc2ccccc2Cl)C1. The van der Waals surface area contributed by atoms with E-state index >= 15 is 0 Å². The van der Waals surface area contributed by atoms with Gasteiger partial charge in [0.05, 0.1) is 11.6 Å². The zero-order chi connectivity index (χ0) is 13.0. The Balaban J connectivity index is 1.89. The second-order valence-electron chi connectivity index (χ2n) is 5.00. The van der Waals surface area contributed by atoms with Crippen LogP contribution < -0.4 is 4.74 Å². The summed E-state index contributed by atoms with van der Waals surface area (Å²) < 4.78 is 5.73. The fourth-order valence-electron chi connectivity index (χ4n) is 2.45. The first kappa shape index (κ1) is 13.7. The third-order valence-corrected chi connectivity index (χ3v) is 3.93. The Kier molecular flexibility index (Phi) is 4.87. The topological polar surface area (TPSA) is 32.7 Å². The zero-order valence-electron chi connectivity index (χ0n) is 10.7. The van der Waals surface area contributed by atoms with Crippen LogP contribution in [0.1, 0.15) is 6.42 Å². The number of hydrogen-bond donors (Lipinski definition) is 1. The van der Waals surface area contributed by atoms with Crippen molar-refractivity contribution in [3.63, 3.8) is 0 Å². The number of ether oxygens (including phenoxy) is 1. The largest absolute Gasteiger partial charge is 0.492 e. The molecule has 1 aliphatic heterocycles. The molecule has 0 amide bonds. The van der Waals surface area contributed by atoms with Crippen LogP contribution in [-0.4, -0.2) is 43.4 Å². The average molecular weight is 270 g/mol. The maximum Gasteiger partial charge on any atom is 0.137 e. The van der Waals surface area contributed by atoms with Crippen molar-refractivity contribution < 1.29 is 9.84 Å². The van der Waals surface area contributed by atoms with Gasteiger partial charge >= 0.3 is 0 Å². The van der Waals surface area contributed by atoms with Crippen molar-refractivity contribution >= 4 is 11.6 Å². The first-order valence-electron chi connectivity index (χ1n) is 6.37. The van der Waals surface area contributed by atoms with Gasteiger partial charge in [0.15, 0.2) is 0 Å². The third kappa shape index (κ3) is 3.37. The second-order valence-corrected chi connectivity index (χ2v) is 5.40. The Labute approximate surface area is 113 Å². The molecule has 3 nitrogen and oxygen atoms in total. The van der Waals surface area contributed by atoms with Crippen LogP contribution in [0.3, 0.4) is 0 Å². The number of likely N-dealkylation sites (tertiary alicyclic amines) is 1. The standard InChI is InChI=1S/C14H20ClNO2/c1-16-7-6-11(8-16)12(9-17)10-18-14-5-3-2-4-13(14)15/h2-5,11-12,17H,6-10H2,1H3. The number of aliphatic hydroxyl groups is 1. The Bertz CT molecular complexity index is 386. The van der Waals surface area contributed by atoms with Gasteiger partial charge in [-0.3, -0.25) is 0 Å². The molecule has 1 aliphatic rings. The normalized spacial score (nSPS) is 22.1. The van der Waals surface area contributed by atoms with Crippen LogP contribution in [0.25, 0.3) is 0 Å². The maximum atomic E-state index is 9.49. The summed E-state index contributed by atoms with van der Waals surface area (Å²) in [5, 5.41) is 10.1. The molecule has 100 valence electrons. The third-order valence-electron chi connectivity index (χ3n) is 3.62. The molecule has 0 saturated carbocycles.